The van der Waals surface area contributed by atoms with E-state index in [1.165, 1.54) is 13.4 Å². The molecule has 0 radical (unpaired) electrons. The smallest absolute Gasteiger partial charge is 0.339 e. The molecule has 8 nitrogen and oxygen atoms in total. The van der Waals surface area contributed by atoms with E-state index in [0.29, 0.717) is 60.9 Å². The summed E-state index contributed by atoms with van der Waals surface area (Å²) in [6.45, 7) is 5.33. The van der Waals surface area contributed by atoms with Gasteiger partial charge in [0.25, 0.3) is 11.8 Å². The van der Waals surface area contributed by atoms with Gasteiger partial charge in [-0.1, -0.05) is 6.92 Å². The van der Waals surface area contributed by atoms with E-state index in [1.54, 1.807) is 28.9 Å². The Morgan fingerprint density at radius 2 is 1.78 bits per heavy atom. The van der Waals surface area contributed by atoms with Gasteiger partial charge >= 0.3 is 5.97 Å². The third-order valence-corrected chi connectivity index (χ3v) is 4.87. The van der Waals surface area contributed by atoms with Crippen LogP contribution in [-0.4, -0.2) is 65.9 Å². The van der Waals surface area contributed by atoms with Crippen molar-refractivity contribution in [2.24, 2.45) is 0 Å². The quantitative estimate of drug-likeness (QED) is 0.826. The number of aryl methyl sites for hydroxylation is 1. The maximum Gasteiger partial charge on any atom is 0.339 e. The van der Waals surface area contributed by atoms with Crippen molar-refractivity contribution in [3.8, 4) is 0 Å². The lowest BCUT2D eigenvalue weighted by Crippen LogP contribution is -2.50. The highest BCUT2D eigenvalue weighted by Crippen LogP contribution is 2.22. The van der Waals surface area contributed by atoms with E-state index in [9.17, 15) is 14.4 Å². The van der Waals surface area contributed by atoms with Crippen LogP contribution in [0.3, 0.4) is 0 Å². The number of hydrogen-bond acceptors (Lipinski definition) is 5. The Morgan fingerprint density at radius 1 is 1.15 bits per heavy atom. The van der Waals surface area contributed by atoms with Gasteiger partial charge in [0.1, 0.15) is 5.69 Å². The van der Waals surface area contributed by atoms with E-state index >= 15 is 0 Å². The Labute approximate surface area is 157 Å². The lowest BCUT2D eigenvalue weighted by molar-refractivity contribution is 0.0515. The molecule has 144 valence electrons. The maximum absolute atomic E-state index is 12.9. The number of aromatic amines is 1. The van der Waals surface area contributed by atoms with Gasteiger partial charge in [-0.25, -0.2) is 4.79 Å². The van der Waals surface area contributed by atoms with Crippen LogP contribution in [0.5, 0.6) is 0 Å². The number of piperazine rings is 1. The summed E-state index contributed by atoms with van der Waals surface area (Å²) in [5.74, 6) is -0.509. The first-order valence-corrected chi connectivity index (χ1v) is 8.89. The van der Waals surface area contributed by atoms with Crippen LogP contribution >= 0.6 is 0 Å². The van der Waals surface area contributed by atoms with Crippen LogP contribution in [0, 0.1) is 6.92 Å². The van der Waals surface area contributed by atoms with Crippen molar-refractivity contribution >= 4 is 17.8 Å². The van der Waals surface area contributed by atoms with Crippen LogP contribution in [0.1, 0.15) is 49.6 Å². The topological polar surface area (TPSA) is 95.9 Å². The predicted molar refractivity (Wildman–Crippen MR) is 96.8 cm³/mol. The van der Waals surface area contributed by atoms with E-state index in [1.807, 2.05) is 6.92 Å². The van der Waals surface area contributed by atoms with Crippen molar-refractivity contribution in [2.75, 3.05) is 33.3 Å². The van der Waals surface area contributed by atoms with E-state index < -0.39 is 5.97 Å². The number of methoxy groups -OCH3 is 1. The fraction of sp³-hybridized carbons (Fsp3) is 0.421. The molecular weight excluding hydrogens is 350 g/mol. The standard InChI is InChI=1S/C19H23N3O5/c1-4-13-15(19(25)26-3)12(2)16(20-13)18(24)22-9-7-21(8-10-22)17(23)14-6-5-11-27-14/h5-6,11,20H,4,7-10H2,1-3H3. The number of nitrogens with one attached hydrogen (secondary N) is 1. The molecule has 1 aliphatic rings. The molecule has 1 fully saturated rings. The molecule has 0 bridgehead atoms. The molecule has 0 unspecified atom stereocenters. The van der Waals surface area contributed by atoms with Crippen LogP contribution in [0.2, 0.25) is 0 Å². The van der Waals surface area contributed by atoms with Gasteiger partial charge in [0.05, 0.1) is 18.9 Å². The Balaban J connectivity index is 1.72. The van der Waals surface area contributed by atoms with Crippen LogP contribution in [0.15, 0.2) is 22.8 Å². The number of ether oxygens (including phenoxy) is 1. The van der Waals surface area contributed by atoms with Crippen molar-refractivity contribution in [3.05, 3.63) is 46.7 Å². The van der Waals surface area contributed by atoms with Crippen LogP contribution in [-0.2, 0) is 11.2 Å². The number of carbonyl (C=O) groups excluding carboxylic acids is 3. The van der Waals surface area contributed by atoms with E-state index in [0.717, 1.165) is 0 Å². The second-order valence-electron chi connectivity index (χ2n) is 6.39. The number of esters is 1. The number of H-pyrrole nitrogens is 1. The van der Waals surface area contributed by atoms with Crippen molar-refractivity contribution < 1.29 is 23.5 Å². The largest absolute Gasteiger partial charge is 0.465 e. The highest BCUT2D eigenvalue weighted by Gasteiger charge is 2.30. The van der Waals surface area contributed by atoms with Gasteiger partial charge in [0.15, 0.2) is 5.76 Å². The zero-order valence-electron chi connectivity index (χ0n) is 15.7. The Kier molecular flexibility index (Phi) is 5.34. The Hall–Kier alpha value is -3.03. The van der Waals surface area contributed by atoms with Gasteiger partial charge in [0.2, 0.25) is 0 Å². The molecule has 1 N–H and O–H groups in total. The molecule has 3 rings (SSSR count). The predicted octanol–water partition coefficient (Wildman–Crippen LogP) is 1.86. The number of rotatable bonds is 4. The number of hydrogen-bond donors (Lipinski definition) is 1. The fourth-order valence-electron chi connectivity index (χ4n) is 3.34. The minimum atomic E-state index is -0.450. The molecule has 0 spiro atoms. The number of furan rings is 1. The van der Waals surface area contributed by atoms with E-state index in [-0.39, 0.29) is 11.8 Å². The second-order valence-corrected chi connectivity index (χ2v) is 6.39. The van der Waals surface area contributed by atoms with E-state index in [2.05, 4.69) is 4.98 Å². The normalized spacial score (nSPS) is 14.3. The molecule has 2 aromatic heterocycles. The summed E-state index contributed by atoms with van der Waals surface area (Å²) < 4.78 is 9.99. The first-order valence-electron chi connectivity index (χ1n) is 8.89. The number of carbonyl (C=O) groups is 3. The molecule has 2 aromatic rings. The number of amides is 2. The van der Waals surface area contributed by atoms with Gasteiger partial charge in [-0.2, -0.15) is 0 Å². The Bertz CT molecular complexity index is 845. The lowest BCUT2D eigenvalue weighted by atomic mass is 10.1. The first kappa shape index (κ1) is 18.8. The molecule has 27 heavy (non-hydrogen) atoms. The van der Waals surface area contributed by atoms with Crippen LogP contribution in [0.4, 0.5) is 0 Å². The summed E-state index contributed by atoms with van der Waals surface area (Å²) in [5, 5.41) is 0. The average molecular weight is 373 g/mol. The molecule has 1 aliphatic heterocycles. The molecule has 3 heterocycles. The average Bonchev–Trinajstić information content (AvgIpc) is 3.34. The molecule has 8 heteroatoms. The van der Waals surface area contributed by atoms with Crippen molar-refractivity contribution in [3.63, 3.8) is 0 Å². The number of aromatic nitrogens is 1. The van der Waals surface area contributed by atoms with Gasteiger partial charge in [-0.05, 0) is 31.0 Å². The van der Waals surface area contributed by atoms with Gasteiger partial charge in [-0.3, -0.25) is 9.59 Å². The maximum atomic E-state index is 12.9. The van der Waals surface area contributed by atoms with Gasteiger partial charge < -0.3 is 23.9 Å². The molecule has 2 amide bonds. The second kappa shape index (κ2) is 7.69. The zero-order valence-corrected chi connectivity index (χ0v) is 15.7. The third-order valence-electron chi connectivity index (χ3n) is 4.87. The van der Waals surface area contributed by atoms with Crippen LogP contribution < -0.4 is 0 Å². The van der Waals surface area contributed by atoms with Gasteiger partial charge in [-0.15, -0.1) is 0 Å². The lowest BCUT2D eigenvalue weighted by Gasteiger charge is -2.34. The Morgan fingerprint density at radius 3 is 2.30 bits per heavy atom. The number of nitrogens with zero attached hydrogens (tertiary/aromatic N) is 2. The summed E-state index contributed by atoms with van der Waals surface area (Å²) in [7, 11) is 1.32. The first-order chi connectivity index (χ1) is 13.0. The minimum absolute atomic E-state index is 0.176. The van der Waals surface area contributed by atoms with E-state index in [4.69, 9.17) is 9.15 Å². The summed E-state index contributed by atoms with van der Waals surface area (Å²) in [5.41, 5.74) is 2.11. The summed E-state index contributed by atoms with van der Waals surface area (Å²) in [6.07, 6.45) is 2.05. The molecule has 1 saturated heterocycles. The summed E-state index contributed by atoms with van der Waals surface area (Å²) >= 11 is 0. The monoisotopic (exact) mass is 373 g/mol. The summed E-state index contributed by atoms with van der Waals surface area (Å²) in [4.78, 5) is 43.7. The molecule has 0 atom stereocenters. The third kappa shape index (κ3) is 3.47. The van der Waals surface area contributed by atoms with Crippen molar-refractivity contribution in [1.29, 1.82) is 0 Å². The highest BCUT2D eigenvalue weighted by atomic mass is 16.5. The van der Waals surface area contributed by atoms with Crippen LogP contribution in [0.25, 0.3) is 0 Å². The highest BCUT2D eigenvalue weighted by molar-refractivity contribution is 6.00. The molecule has 0 aliphatic carbocycles. The molecular formula is C19H23N3O5. The van der Waals surface area contributed by atoms with Crippen molar-refractivity contribution in [2.45, 2.75) is 20.3 Å². The van der Waals surface area contributed by atoms with Gasteiger partial charge in [0, 0.05) is 31.9 Å². The molecule has 0 aromatic carbocycles. The molecule has 0 saturated carbocycles. The fourth-order valence-corrected chi connectivity index (χ4v) is 3.34. The van der Waals surface area contributed by atoms with Crippen molar-refractivity contribution in [1.82, 2.24) is 14.8 Å². The SMILES string of the molecule is CCc1[nH]c(C(=O)N2CCN(C(=O)c3ccco3)CC2)c(C)c1C(=O)OC. The minimum Gasteiger partial charge on any atom is -0.465 e. The zero-order chi connectivity index (χ0) is 19.6. The summed E-state index contributed by atoms with van der Waals surface area (Å²) in [6, 6.07) is 3.30.